The molecule has 8 nitrogen and oxygen atoms in total. The van der Waals surface area contributed by atoms with Gasteiger partial charge in [-0.3, -0.25) is 9.88 Å². The molecule has 0 saturated carbocycles. The molecule has 1 aromatic heterocycles. The number of carbonyl (C=O) groups excluding carboxylic acids is 1. The summed E-state index contributed by atoms with van der Waals surface area (Å²) in [6, 6.07) is 15.9. The smallest absolute Gasteiger partial charge is 0.319 e. The first kappa shape index (κ1) is 25.6. The molecule has 1 saturated heterocycles. The SMILES string of the molecule is CCN([C@H]1CCN(CCNC(=O)Nc2cc(C)nc3ccccc23)C1)S(=O)(=O)c1ccc(Br)cc1. The van der Waals surface area contributed by atoms with Crippen molar-refractivity contribution in [1.29, 1.82) is 0 Å². The lowest BCUT2D eigenvalue weighted by Crippen LogP contribution is -2.42. The Morgan fingerprint density at radius 3 is 2.69 bits per heavy atom. The van der Waals surface area contributed by atoms with Gasteiger partial charge in [0, 0.05) is 47.8 Å². The maximum Gasteiger partial charge on any atom is 0.319 e. The van der Waals surface area contributed by atoms with Gasteiger partial charge in [0.1, 0.15) is 0 Å². The van der Waals surface area contributed by atoms with Crippen LogP contribution in [0.3, 0.4) is 0 Å². The fourth-order valence-electron chi connectivity index (χ4n) is 4.52. The van der Waals surface area contributed by atoms with E-state index in [2.05, 4.69) is 36.4 Å². The number of likely N-dealkylation sites (tertiary alicyclic amines) is 1. The third-order valence-corrected chi connectivity index (χ3v) is 8.76. The first-order valence-electron chi connectivity index (χ1n) is 11.7. The zero-order valence-electron chi connectivity index (χ0n) is 19.9. The number of anilines is 1. The van der Waals surface area contributed by atoms with E-state index >= 15 is 0 Å². The van der Waals surface area contributed by atoms with Crippen LogP contribution in [0, 0.1) is 6.92 Å². The number of sulfonamides is 1. The van der Waals surface area contributed by atoms with E-state index in [-0.39, 0.29) is 12.1 Å². The highest BCUT2D eigenvalue weighted by molar-refractivity contribution is 9.10. The Hall–Kier alpha value is -2.53. The Bertz CT molecular complexity index is 1300. The van der Waals surface area contributed by atoms with Crippen molar-refractivity contribution in [2.75, 3.05) is 38.0 Å². The van der Waals surface area contributed by atoms with Gasteiger partial charge in [-0.15, -0.1) is 0 Å². The van der Waals surface area contributed by atoms with Crippen LogP contribution in [0.4, 0.5) is 10.5 Å². The minimum Gasteiger partial charge on any atom is -0.337 e. The quantitative estimate of drug-likeness (QED) is 0.431. The number of likely N-dealkylation sites (N-methyl/N-ethyl adjacent to an activating group) is 1. The second-order valence-electron chi connectivity index (χ2n) is 8.61. The molecule has 2 aromatic carbocycles. The molecule has 1 aliphatic heterocycles. The van der Waals surface area contributed by atoms with Crippen molar-refractivity contribution in [3.8, 4) is 0 Å². The van der Waals surface area contributed by atoms with Crippen LogP contribution in [0.5, 0.6) is 0 Å². The monoisotopic (exact) mass is 559 g/mol. The molecule has 3 aromatic rings. The molecule has 35 heavy (non-hydrogen) atoms. The van der Waals surface area contributed by atoms with Gasteiger partial charge >= 0.3 is 6.03 Å². The Labute approximate surface area is 214 Å². The van der Waals surface area contributed by atoms with Gasteiger partial charge in [0.25, 0.3) is 0 Å². The second-order valence-corrected chi connectivity index (χ2v) is 11.4. The number of hydrogen-bond acceptors (Lipinski definition) is 5. The predicted molar refractivity (Wildman–Crippen MR) is 142 cm³/mol. The molecule has 1 fully saturated rings. The number of halogens is 1. The largest absolute Gasteiger partial charge is 0.337 e. The van der Waals surface area contributed by atoms with Gasteiger partial charge in [0.05, 0.1) is 16.1 Å². The summed E-state index contributed by atoms with van der Waals surface area (Å²) in [5, 5.41) is 6.73. The molecule has 2 heterocycles. The van der Waals surface area contributed by atoms with Gasteiger partial charge < -0.3 is 10.6 Å². The Morgan fingerprint density at radius 2 is 1.94 bits per heavy atom. The van der Waals surface area contributed by atoms with E-state index in [1.165, 1.54) is 0 Å². The number of nitrogens with zero attached hydrogens (tertiary/aromatic N) is 3. The molecule has 4 rings (SSSR count). The Balaban J connectivity index is 1.30. The molecular formula is C25H30BrN5O3S. The second kappa shape index (κ2) is 11.0. The summed E-state index contributed by atoms with van der Waals surface area (Å²) < 4.78 is 28.8. The molecule has 10 heteroatoms. The van der Waals surface area contributed by atoms with Gasteiger partial charge in [0.2, 0.25) is 10.0 Å². The number of pyridine rings is 1. The number of nitrogens with one attached hydrogen (secondary N) is 2. The summed E-state index contributed by atoms with van der Waals surface area (Å²) in [6.45, 7) is 6.72. The molecule has 0 spiro atoms. The molecule has 0 unspecified atom stereocenters. The van der Waals surface area contributed by atoms with Crippen LogP contribution in [0.2, 0.25) is 0 Å². The third kappa shape index (κ3) is 6.00. The van der Waals surface area contributed by atoms with Crippen molar-refractivity contribution in [3.63, 3.8) is 0 Å². The third-order valence-electron chi connectivity index (χ3n) is 6.19. The fraction of sp³-hybridized carbons (Fsp3) is 0.360. The normalized spacial score (nSPS) is 16.6. The van der Waals surface area contributed by atoms with E-state index in [0.29, 0.717) is 31.1 Å². The van der Waals surface area contributed by atoms with Gasteiger partial charge in [-0.2, -0.15) is 4.31 Å². The number of aromatic nitrogens is 1. The maximum atomic E-state index is 13.2. The zero-order chi connectivity index (χ0) is 25.0. The summed E-state index contributed by atoms with van der Waals surface area (Å²) in [7, 11) is -3.56. The lowest BCUT2D eigenvalue weighted by molar-refractivity contribution is 0.248. The van der Waals surface area contributed by atoms with Gasteiger partial charge in [-0.05, 0) is 56.3 Å². The molecule has 186 valence electrons. The highest BCUT2D eigenvalue weighted by Gasteiger charge is 2.34. The van der Waals surface area contributed by atoms with E-state index in [1.54, 1.807) is 28.6 Å². The van der Waals surface area contributed by atoms with Gasteiger partial charge in [-0.25, -0.2) is 13.2 Å². The van der Waals surface area contributed by atoms with Crippen LogP contribution >= 0.6 is 15.9 Å². The number of urea groups is 1. The molecular weight excluding hydrogens is 530 g/mol. The van der Waals surface area contributed by atoms with E-state index < -0.39 is 10.0 Å². The van der Waals surface area contributed by atoms with Gasteiger partial charge in [0.15, 0.2) is 0 Å². The zero-order valence-corrected chi connectivity index (χ0v) is 22.3. The van der Waals surface area contributed by atoms with Crippen molar-refractivity contribution in [3.05, 3.63) is 64.8 Å². The number of benzene rings is 2. The highest BCUT2D eigenvalue weighted by Crippen LogP contribution is 2.25. The lowest BCUT2D eigenvalue weighted by atomic mass is 10.1. The average molecular weight is 561 g/mol. The first-order valence-corrected chi connectivity index (χ1v) is 13.9. The lowest BCUT2D eigenvalue weighted by Gasteiger charge is -2.27. The predicted octanol–water partition coefficient (Wildman–Crippen LogP) is 4.21. The van der Waals surface area contributed by atoms with Crippen LogP contribution in [0.1, 0.15) is 19.0 Å². The topological polar surface area (TPSA) is 94.6 Å². The number of para-hydroxylation sites is 1. The van der Waals surface area contributed by atoms with E-state index in [9.17, 15) is 13.2 Å². The van der Waals surface area contributed by atoms with Crippen LogP contribution in [0.25, 0.3) is 10.9 Å². The Kier molecular flexibility index (Phi) is 8.05. The Morgan fingerprint density at radius 1 is 1.20 bits per heavy atom. The molecule has 0 bridgehead atoms. The number of rotatable bonds is 8. The number of hydrogen-bond donors (Lipinski definition) is 2. The summed E-state index contributed by atoms with van der Waals surface area (Å²) in [6.07, 6.45) is 0.762. The summed E-state index contributed by atoms with van der Waals surface area (Å²) >= 11 is 3.35. The molecule has 1 aliphatic rings. The van der Waals surface area contributed by atoms with Crippen molar-refractivity contribution in [2.24, 2.45) is 0 Å². The van der Waals surface area contributed by atoms with Crippen molar-refractivity contribution >= 4 is 48.6 Å². The molecule has 2 N–H and O–H groups in total. The summed E-state index contributed by atoms with van der Waals surface area (Å²) in [5.41, 5.74) is 2.40. The fourth-order valence-corrected chi connectivity index (χ4v) is 6.44. The van der Waals surface area contributed by atoms with Crippen LogP contribution in [-0.4, -0.2) is 67.4 Å². The average Bonchev–Trinajstić information content (AvgIpc) is 3.27. The van der Waals surface area contributed by atoms with E-state index in [4.69, 9.17) is 0 Å². The molecule has 1 atom stereocenters. The first-order chi connectivity index (χ1) is 16.8. The van der Waals surface area contributed by atoms with Crippen molar-refractivity contribution < 1.29 is 13.2 Å². The van der Waals surface area contributed by atoms with Crippen LogP contribution in [0.15, 0.2) is 64.0 Å². The van der Waals surface area contributed by atoms with E-state index in [1.807, 2.05) is 44.2 Å². The number of amides is 2. The number of fused-ring (bicyclic) bond motifs is 1. The van der Waals surface area contributed by atoms with Crippen LogP contribution < -0.4 is 10.6 Å². The maximum absolute atomic E-state index is 13.2. The summed E-state index contributed by atoms with van der Waals surface area (Å²) in [5.74, 6) is 0. The minimum atomic E-state index is -3.56. The molecule has 0 radical (unpaired) electrons. The number of aryl methyl sites for hydroxylation is 1. The van der Waals surface area contributed by atoms with E-state index in [0.717, 1.165) is 39.7 Å². The minimum absolute atomic E-state index is 0.0892. The highest BCUT2D eigenvalue weighted by atomic mass is 79.9. The number of carbonyl (C=O) groups is 1. The van der Waals surface area contributed by atoms with Crippen molar-refractivity contribution in [2.45, 2.75) is 31.2 Å². The molecule has 2 amide bonds. The van der Waals surface area contributed by atoms with Gasteiger partial charge in [-0.1, -0.05) is 41.1 Å². The standard InChI is InChI=1S/C25H30BrN5O3S/c1-3-31(35(33,34)21-10-8-19(26)9-11-21)20-12-14-30(17-20)15-13-27-25(32)29-24-16-18(2)28-23-7-5-4-6-22(23)24/h4-11,16,20H,3,12-15,17H2,1-2H3,(H2,27,28,29,32)/t20-/m0/s1. The molecule has 0 aliphatic carbocycles. The van der Waals surface area contributed by atoms with Crippen LogP contribution in [-0.2, 0) is 10.0 Å². The van der Waals surface area contributed by atoms with Crippen molar-refractivity contribution in [1.82, 2.24) is 19.5 Å². The summed E-state index contributed by atoms with van der Waals surface area (Å²) in [4.78, 5) is 19.5.